The number of ether oxygens (including phenoxy) is 1. The normalized spacial score (nSPS) is 10.5. The number of aromatic nitrogens is 2. The predicted octanol–water partition coefficient (Wildman–Crippen LogP) is 2.50. The summed E-state index contributed by atoms with van der Waals surface area (Å²) in [6.07, 6.45) is 1.78. The van der Waals surface area contributed by atoms with E-state index in [1.54, 1.807) is 13.1 Å². The molecule has 2 aromatic rings. The zero-order valence-electron chi connectivity index (χ0n) is 8.08. The van der Waals surface area contributed by atoms with Gasteiger partial charge < -0.3 is 9.72 Å². The summed E-state index contributed by atoms with van der Waals surface area (Å²) in [7, 11) is 0. The number of carbonyl (C=O) groups is 1. The molecular formula is C10H9BrN2O2. The molecule has 2 aromatic heterocycles. The van der Waals surface area contributed by atoms with Crippen LogP contribution >= 0.6 is 15.9 Å². The van der Waals surface area contributed by atoms with Crippen molar-refractivity contribution in [2.75, 3.05) is 6.61 Å². The van der Waals surface area contributed by atoms with E-state index in [1.165, 1.54) is 0 Å². The minimum absolute atomic E-state index is 0.298. The van der Waals surface area contributed by atoms with E-state index in [4.69, 9.17) is 4.74 Å². The number of hydrogen-bond donors (Lipinski definition) is 1. The van der Waals surface area contributed by atoms with Crippen LogP contribution in [0.2, 0.25) is 0 Å². The van der Waals surface area contributed by atoms with Gasteiger partial charge in [-0.1, -0.05) is 0 Å². The van der Waals surface area contributed by atoms with E-state index in [0.717, 1.165) is 5.39 Å². The third kappa shape index (κ3) is 1.87. The lowest BCUT2D eigenvalue weighted by atomic mass is 10.3. The summed E-state index contributed by atoms with van der Waals surface area (Å²) in [6.45, 7) is 2.11. The molecular weight excluding hydrogens is 260 g/mol. The van der Waals surface area contributed by atoms with Crippen LogP contribution < -0.4 is 0 Å². The van der Waals surface area contributed by atoms with Gasteiger partial charge in [0.2, 0.25) is 0 Å². The van der Waals surface area contributed by atoms with E-state index in [0.29, 0.717) is 22.4 Å². The zero-order valence-corrected chi connectivity index (χ0v) is 9.67. The molecule has 2 rings (SSSR count). The van der Waals surface area contributed by atoms with Crippen molar-refractivity contribution in [3.63, 3.8) is 0 Å². The summed E-state index contributed by atoms with van der Waals surface area (Å²) in [5, 5.41) is 0.954. The second-order valence-electron chi connectivity index (χ2n) is 2.95. The van der Waals surface area contributed by atoms with Crippen molar-refractivity contribution in [1.29, 1.82) is 0 Å². The van der Waals surface area contributed by atoms with Crippen molar-refractivity contribution < 1.29 is 9.53 Å². The molecule has 0 unspecified atom stereocenters. The number of carbonyl (C=O) groups excluding carboxylic acids is 1. The van der Waals surface area contributed by atoms with Crippen LogP contribution in [0.15, 0.2) is 22.8 Å². The van der Waals surface area contributed by atoms with Crippen LogP contribution in [-0.4, -0.2) is 22.5 Å². The third-order valence-corrected chi connectivity index (χ3v) is 2.56. The van der Waals surface area contributed by atoms with Crippen molar-refractivity contribution in [3.05, 3.63) is 28.5 Å². The summed E-state index contributed by atoms with van der Waals surface area (Å²) in [5.41, 5.74) is 0.980. The monoisotopic (exact) mass is 268 g/mol. The number of nitrogens with one attached hydrogen (secondary N) is 1. The highest BCUT2D eigenvalue weighted by Crippen LogP contribution is 2.21. The SMILES string of the molecule is CCOC(=O)c1nc2[nH]ccc2cc1Br. The first-order valence-electron chi connectivity index (χ1n) is 4.53. The Bertz CT molecular complexity index is 507. The van der Waals surface area contributed by atoms with Crippen molar-refractivity contribution in [1.82, 2.24) is 9.97 Å². The molecule has 0 fully saturated rings. The highest BCUT2D eigenvalue weighted by Gasteiger charge is 2.14. The van der Waals surface area contributed by atoms with Gasteiger partial charge in [-0.3, -0.25) is 0 Å². The fourth-order valence-corrected chi connectivity index (χ4v) is 1.80. The predicted molar refractivity (Wildman–Crippen MR) is 59.8 cm³/mol. The molecule has 78 valence electrons. The Hall–Kier alpha value is -1.36. The summed E-state index contributed by atoms with van der Waals surface area (Å²) in [5.74, 6) is -0.416. The van der Waals surface area contributed by atoms with Crippen molar-refractivity contribution >= 4 is 32.9 Å². The van der Waals surface area contributed by atoms with E-state index in [-0.39, 0.29) is 0 Å². The Balaban J connectivity index is 2.50. The molecule has 0 radical (unpaired) electrons. The van der Waals surface area contributed by atoms with Gasteiger partial charge >= 0.3 is 5.97 Å². The molecule has 0 saturated heterocycles. The highest BCUT2D eigenvalue weighted by atomic mass is 79.9. The largest absolute Gasteiger partial charge is 0.461 e. The van der Waals surface area contributed by atoms with Crippen LogP contribution in [0.1, 0.15) is 17.4 Å². The molecule has 15 heavy (non-hydrogen) atoms. The second kappa shape index (κ2) is 4.02. The molecule has 0 saturated carbocycles. The Morgan fingerprint density at radius 3 is 3.20 bits per heavy atom. The first kappa shape index (κ1) is 10.2. The molecule has 1 N–H and O–H groups in total. The van der Waals surface area contributed by atoms with E-state index >= 15 is 0 Å². The fourth-order valence-electron chi connectivity index (χ4n) is 1.30. The number of rotatable bonds is 2. The highest BCUT2D eigenvalue weighted by molar-refractivity contribution is 9.10. The molecule has 0 aliphatic carbocycles. The van der Waals surface area contributed by atoms with Gasteiger partial charge in [-0.15, -0.1) is 0 Å². The molecule has 2 heterocycles. The van der Waals surface area contributed by atoms with Gasteiger partial charge in [-0.2, -0.15) is 0 Å². The van der Waals surface area contributed by atoms with Gasteiger partial charge in [-0.05, 0) is 35.0 Å². The van der Waals surface area contributed by atoms with Crippen molar-refractivity contribution in [3.8, 4) is 0 Å². The number of esters is 1. The number of halogens is 1. The number of fused-ring (bicyclic) bond motifs is 1. The Kier molecular flexibility index (Phi) is 2.73. The van der Waals surface area contributed by atoms with E-state index < -0.39 is 5.97 Å². The van der Waals surface area contributed by atoms with Gasteiger partial charge in [0.15, 0.2) is 5.69 Å². The summed E-state index contributed by atoms with van der Waals surface area (Å²) in [4.78, 5) is 18.6. The minimum Gasteiger partial charge on any atom is -0.461 e. The molecule has 0 amide bonds. The van der Waals surface area contributed by atoms with Crippen LogP contribution in [0, 0.1) is 0 Å². The average molecular weight is 269 g/mol. The number of hydrogen-bond acceptors (Lipinski definition) is 3. The first-order valence-corrected chi connectivity index (χ1v) is 5.32. The van der Waals surface area contributed by atoms with Crippen LogP contribution in [0.3, 0.4) is 0 Å². The maximum atomic E-state index is 11.5. The lowest BCUT2D eigenvalue weighted by molar-refractivity contribution is 0.0519. The van der Waals surface area contributed by atoms with E-state index in [9.17, 15) is 4.79 Å². The molecule has 4 nitrogen and oxygen atoms in total. The lowest BCUT2D eigenvalue weighted by Gasteiger charge is -2.03. The molecule has 0 aromatic carbocycles. The van der Waals surface area contributed by atoms with Crippen LogP contribution in [0.25, 0.3) is 11.0 Å². The number of aromatic amines is 1. The van der Waals surface area contributed by atoms with E-state index in [1.807, 2.05) is 12.1 Å². The van der Waals surface area contributed by atoms with Crippen molar-refractivity contribution in [2.24, 2.45) is 0 Å². The van der Waals surface area contributed by atoms with Crippen LogP contribution in [-0.2, 0) is 4.74 Å². The summed E-state index contributed by atoms with van der Waals surface area (Å²) < 4.78 is 5.54. The third-order valence-electron chi connectivity index (χ3n) is 1.96. The zero-order chi connectivity index (χ0) is 10.8. The summed E-state index contributed by atoms with van der Waals surface area (Å²) in [6, 6.07) is 3.73. The van der Waals surface area contributed by atoms with Gasteiger partial charge in [0.1, 0.15) is 5.65 Å². The number of pyridine rings is 1. The standard InChI is InChI=1S/C10H9BrN2O2/c1-2-15-10(14)8-7(11)5-6-3-4-12-9(6)13-8/h3-5H,2H2,1H3,(H,12,13). The second-order valence-corrected chi connectivity index (χ2v) is 3.81. The molecule has 0 bridgehead atoms. The maximum Gasteiger partial charge on any atom is 0.358 e. The van der Waals surface area contributed by atoms with Gasteiger partial charge in [0.25, 0.3) is 0 Å². The minimum atomic E-state index is -0.416. The van der Waals surface area contributed by atoms with Crippen molar-refractivity contribution in [2.45, 2.75) is 6.92 Å². The van der Waals surface area contributed by atoms with Gasteiger partial charge in [0.05, 0.1) is 11.1 Å². The average Bonchev–Trinajstić information content (AvgIpc) is 2.63. The van der Waals surface area contributed by atoms with Crippen LogP contribution in [0.5, 0.6) is 0 Å². The number of H-pyrrole nitrogens is 1. The number of nitrogens with zero attached hydrogens (tertiary/aromatic N) is 1. The topological polar surface area (TPSA) is 55.0 Å². The Labute approximate surface area is 94.8 Å². The van der Waals surface area contributed by atoms with Gasteiger partial charge in [0, 0.05) is 11.6 Å². The molecule has 0 aliphatic heterocycles. The summed E-state index contributed by atoms with van der Waals surface area (Å²) >= 11 is 3.30. The van der Waals surface area contributed by atoms with Gasteiger partial charge in [-0.25, -0.2) is 9.78 Å². The lowest BCUT2D eigenvalue weighted by Crippen LogP contribution is -2.08. The molecule has 0 atom stereocenters. The maximum absolute atomic E-state index is 11.5. The Morgan fingerprint density at radius 1 is 1.67 bits per heavy atom. The molecule has 0 spiro atoms. The molecule has 0 aliphatic rings. The smallest absolute Gasteiger partial charge is 0.358 e. The fraction of sp³-hybridized carbons (Fsp3) is 0.200. The van der Waals surface area contributed by atoms with Crippen LogP contribution in [0.4, 0.5) is 0 Å². The quantitative estimate of drug-likeness (QED) is 0.852. The molecule has 5 heteroatoms. The first-order chi connectivity index (χ1) is 7.22. The van der Waals surface area contributed by atoms with E-state index in [2.05, 4.69) is 25.9 Å². The Morgan fingerprint density at radius 2 is 2.47 bits per heavy atom.